The lowest BCUT2D eigenvalue weighted by Gasteiger charge is -2.33. The number of likely N-dealkylation sites (tertiary alicyclic amines) is 1. The van der Waals surface area contributed by atoms with Gasteiger partial charge in [0.05, 0.1) is 11.5 Å². The number of hydrogen-bond acceptors (Lipinski definition) is 2. The number of alkyl halides is 3. The van der Waals surface area contributed by atoms with Gasteiger partial charge in [-0.3, -0.25) is 4.79 Å². The van der Waals surface area contributed by atoms with E-state index in [1.54, 1.807) is 0 Å². The van der Waals surface area contributed by atoms with Crippen molar-refractivity contribution in [3.05, 3.63) is 35.4 Å². The Morgan fingerprint density at radius 2 is 1.71 bits per heavy atom. The van der Waals surface area contributed by atoms with Crippen molar-refractivity contribution in [1.82, 2.24) is 4.90 Å². The number of rotatable bonds is 2. The molecule has 0 saturated carbocycles. The first-order valence-corrected chi connectivity index (χ1v) is 6.48. The Balaban J connectivity index is 2.10. The van der Waals surface area contributed by atoms with E-state index in [-0.39, 0.29) is 30.6 Å². The molecule has 114 valence electrons. The molecular weight excluding hydrogens is 287 g/mol. The minimum Gasteiger partial charge on any atom is -0.478 e. The SMILES string of the molecule is O=C(O)c1ccc(C(=O)N2CCC[C@@H](C(F)(F)F)C2)cc1. The van der Waals surface area contributed by atoms with E-state index in [0.29, 0.717) is 6.42 Å². The van der Waals surface area contributed by atoms with Gasteiger partial charge in [0, 0.05) is 18.7 Å². The third-order valence-corrected chi connectivity index (χ3v) is 3.55. The quantitative estimate of drug-likeness (QED) is 0.914. The number of amides is 1. The molecule has 0 radical (unpaired) electrons. The zero-order chi connectivity index (χ0) is 15.6. The summed E-state index contributed by atoms with van der Waals surface area (Å²) in [6.45, 7) is -0.0604. The Bertz CT molecular complexity index is 539. The summed E-state index contributed by atoms with van der Waals surface area (Å²) in [5.74, 6) is -3.11. The minimum atomic E-state index is -4.30. The molecule has 1 atom stereocenters. The lowest BCUT2D eigenvalue weighted by Crippen LogP contribution is -2.44. The van der Waals surface area contributed by atoms with Crippen molar-refractivity contribution in [2.45, 2.75) is 19.0 Å². The van der Waals surface area contributed by atoms with Crippen LogP contribution in [0.3, 0.4) is 0 Å². The van der Waals surface area contributed by atoms with Crippen molar-refractivity contribution >= 4 is 11.9 Å². The summed E-state index contributed by atoms with van der Waals surface area (Å²) in [6.07, 6.45) is -3.96. The van der Waals surface area contributed by atoms with E-state index in [2.05, 4.69) is 0 Å². The van der Waals surface area contributed by atoms with Gasteiger partial charge in [0.2, 0.25) is 0 Å². The maximum atomic E-state index is 12.7. The van der Waals surface area contributed by atoms with Gasteiger partial charge < -0.3 is 10.0 Å². The second-order valence-electron chi connectivity index (χ2n) is 5.01. The topological polar surface area (TPSA) is 57.6 Å². The smallest absolute Gasteiger partial charge is 0.393 e. The second kappa shape index (κ2) is 5.75. The number of carboxylic acids is 1. The maximum Gasteiger partial charge on any atom is 0.393 e. The van der Waals surface area contributed by atoms with Gasteiger partial charge in [-0.15, -0.1) is 0 Å². The first-order valence-electron chi connectivity index (χ1n) is 6.48. The molecule has 1 heterocycles. The zero-order valence-electron chi connectivity index (χ0n) is 11.1. The average molecular weight is 301 g/mol. The van der Waals surface area contributed by atoms with Crippen LogP contribution in [-0.4, -0.2) is 41.1 Å². The van der Waals surface area contributed by atoms with Crippen LogP contribution in [0.1, 0.15) is 33.6 Å². The van der Waals surface area contributed by atoms with Gasteiger partial charge >= 0.3 is 12.1 Å². The number of nitrogens with zero attached hydrogens (tertiary/aromatic N) is 1. The predicted octanol–water partition coefficient (Wildman–Crippen LogP) is 2.80. The highest BCUT2D eigenvalue weighted by Gasteiger charge is 2.42. The van der Waals surface area contributed by atoms with E-state index in [1.807, 2.05) is 0 Å². The molecule has 21 heavy (non-hydrogen) atoms. The summed E-state index contributed by atoms with van der Waals surface area (Å²) in [4.78, 5) is 24.1. The van der Waals surface area contributed by atoms with Crippen LogP contribution in [-0.2, 0) is 0 Å². The molecule has 0 aliphatic carbocycles. The first kappa shape index (κ1) is 15.3. The van der Waals surface area contributed by atoms with Crippen molar-refractivity contribution in [2.75, 3.05) is 13.1 Å². The van der Waals surface area contributed by atoms with Crippen LogP contribution in [0.4, 0.5) is 13.2 Å². The van der Waals surface area contributed by atoms with Crippen LogP contribution in [0.25, 0.3) is 0 Å². The molecule has 1 saturated heterocycles. The minimum absolute atomic E-state index is 0.0263. The van der Waals surface area contributed by atoms with Gasteiger partial charge in [0.15, 0.2) is 0 Å². The molecule has 1 fully saturated rings. The Morgan fingerprint density at radius 1 is 1.14 bits per heavy atom. The van der Waals surface area contributed by atoms with Crippen molar-refractivity contribution < 1.29 is 27.9 Å². The number of halogens is 3. The molecule has 1 aliphatic rings. The van der Waals surface area contributed by atoms with Gasteiger partial charge in [-0.25, -0.2) is 4.79 Å². The molecule has 1 aromatic carbocycles. The second-order valence-corrected chi connectivity index (χ2v) is 5.01. The third-order valence-electron chi connectivity index (χ3n) is 3.55. The molecule has 7 heteroatoms. The van der Waals surface area contributed by atoms with E-state index in [0.717, 1.165) is 0 Å². The highest BCUT2D eigenvalue weighted by atomic mass is 19.4. The summed E-state index contributed by atoms with van der Waals surface area (Å²) in [5, 5.41) is 8.77. The lowest BCUT2D eigenvalue weighted by molar-refractivity contribution is -0.184. The maximum absolute atomic E-state index is 12.7. The van der Waals surface area contributed by atoms with Crippen LogP contribution in [0.5, 0.6) is 0 Å². The molecule has 4 nitrogen and oxygen atoms in total. The van der Waals surface area contributed by atoms with Crippen LogP contribution in [0.2, 0.25) is 0 Å². The Kier molecular flexibility index (Phi) is 4.20. The van der Waals surface area contributed by atoms with Crippen LogP contribution in [0, 0.1) is 5.92 Å². The summed E-state index contributed by atoms with van der Waals surface area (Å²) in [6, 6.07) is 5.17. The van der Waals surface area contributed by atoms with Gasteiger partial charge in [0.25, 0.3) is 5.91 Å². The Morgan fingerprint density at radius 3 is 2.24 bits per heavy atom. The summed E-state index contributed by atoms with van der Waals surface area (Å²) in [5.41, 5.74) is 0.223. The number of carbonyl (C=O) groups excluding carboxylic acids is 1. The number of hydrogen-bond donors (Lipinski definition) is 1. The first-order chi connectivity index (χ1) is 9.79. The molecule has 0 spiro atoms. The van der Waals surface area contributed by atoms with Gasteiger partial charge in [-0.2, -0.15) is 13.2 Å². The highest BCUT2D eigenvalue weighted by Crippen LogP contribution is 2.33. The zero-order valence-corrected chi connectivity index (χ0v) is 11.1. The largest absolute Gasteiger partial charge is 0.478 e. The monoisotopic (exact) mass is 301 g/mol. The number of benzene rings is 1. The van der Waals surface area contributed by atoms with E-state index in [4.69, 9.17) is 5.11 Å². The van der Waals surface area contributed by atoms with Crippen molar-refractivity contribution in [3.8, 4) is 0 Å². The molecule has 1 N–H and O–H groups in total. The molecule has 1 aliphatic heterocycles. The molecular formula is C14H14F3NO3. The summed E-state index contributed by atoms with van der Waals surface area (Å²) >= 11 is 0. The van der Waals surface area contributed by atoms with E-state index < -0.39 is 24.0 Å². The van der Waals surface area contributed by atoms with Crippen molar-refractivity contribution in [1.29, 1.82) is 0 Å². The average Bonchev–Trinajstić information content (AvgIpc) is 2.46. The molecule has 0 unspecified atom stereocenters. The number of carboxylic acid groups (broad SMARTS) is 1. The fourth-order valence-electron chi connectivity index (χ4n) is 2.37. The van der Waals surface area contributed by atoms with Crippen LogP contribution >= 0.6 is 0 Å². The Labute approximate surface area is 119 Å². The van der Waals surface area contributed by atoms with Crippen molar-refractivity contribution in [2.24, 2.45) is 5.92 Å². The lowest BCUT2D eigenvalue weighted by atomic mass is 9.97. The predicted molar refractivity (Wildman–Crippen MR) is 68.1 cm³/mol. The fraction of sp³-hybridized carbons (Fsp3) is 0.429. The number of aromatic carboxylic acids is 1. The van der Waals surface area contributed by atoms with Crippen LogP contribution < -0.4 is 0 Å². The van der Waals surface area contributed by atoms with E-state index in [9.17, 15) is 22.8 Å². The van der Waals surface area contributed by atoms with E-state index in [1.165, 1.54) is 29.2 Å². The van der Waals surface area contributed by atoms with Gasteiger partial charge in [-0.1, -0.05) is 0 Å². The van der Waals surface area contributed by atoms with Crippen molar-refractivity contribution in [3.63, 3.8) is 0 Å². The fourth-order valence-corrected chi connectivity index (χ4v) is 2.37. The molecule has 0 aromatic heterocycles. The summed E-state index contributed by atoms with van der Waals surface area (Å²) < 4.78 is 38.2. The highest BCUT2D eigenvalue weighted by molar-refractivity contribution is 5.96. The number of carbonyl (C=O) groups is 2. The standard InChI is InChI=1S/C14H14F3NO3/c15-14(16,17)11-2-1-7-18(8-11)12(19)9-3-5-10(6-4-9)13(20)21/h3-6,11H,1-2,7-8H2,(H,20,21)/t11-/m1/s1. The van der Waals surface area contributed by atoms with Gasteiger partial charge in [-0.05, 0) is 37.1 Å². The molecule has 0 bridgehead atoms. The molecule has 1 amide bonds. The number of piperidine rings is 1. The van der Waals surface area contributed by atoms with Crippen LogP contribution in [0.15, 0.2) is 24.3 Å². The summed E-state index contributed by atoms with van der Waals surface area (Å²) in [7, 11) is 0. The normalized spacial score (nSPS) is 19.4. The Hall–Kier alpha value is -2.05. The third kappa shape index (κ3) is 3.53. The molecule has 2 rings (SSSR count). The van der Waals surface area contributed by atoms with Gasteiger partial charge in [0.1, 0.15) is 0 Å². The molecule has 1 aromatic rings. The van der Waals surface area contributed by atoms with E-state index >= 15 is 0 Å².